The Morgan fingerprint density at radius 3 is 2.49 bits per heavy atom. The smallest absolute Gasteiger partial charge is 0.418 e. The van der Waals surface area contributed by atoms with Gasteiger partial charge in [-0.2, -0.15) is 0 Å². The number of carbonyl (C=O) groups is 2. The number of nitrogens with one attached hydrogen (secondary N) is 2. The molecule has 1 heterocycles. The number of ether oxygens (including phenoxy) is 1. The van der Waals surface area contributed by atoms with E-state index < -0.39 is 49.3 Å². The molecule has 0 fully saturated rings. The topological polar surface area (TPSA) is 128 Å². The van der Waals surface area contributed by atoms with Crippen molar-refractivity contribution in [3.8, 4) is 0 Å². The van der Waals surface area contributed by atoms with Gasteiger partial charge in [0.15, 0.2) is 0 Å². The Bertz CT molecular complexity index is 1510. The molecule has 0 saturated carbocycles. The van der Waals surface area contributed by atoms with E-state index in [2.05, 4.69) is 15.6 Å². The Kier molecular flexibility index (Phi) is 11.4. The number of phosphoric acid groups is 1. The minimum absolute atomic E-state index is 0.00872. The summed E-state index contributed by atoms with van der Waals surface area (Å²) in [6, 6.07) is 8.95. The molecule has 0 aliphatic rings. The largest absolute Gasteiger partial charge is 0.477 e. The van der Waals surface area contributed by atoms with Gasteiger partial charge in [0, 0.05) is 50.9 Å². The number of hydrogen-bond acceptors (Lipinski definition) is 8. The van der Waals surface area contributed by atoms with Crippen molar-refractivity contribution in [1.29, 1.82) is 0 Å². The maximum Gasteiger partial charge on any atom is 0.477 e. The number of nitrogens with zero attached hydrogens (tertiary/aromatic N) is 2. The summed E-state index contributed by atoms with van der Waals surface area (Å²) in [7, 11) is -0.378. The summed E-state index contributed by atoms with van der Waals surface area (Å²) in [5.41, 5.74) is -0.672. The molecule has 234 valence electrons. The highest BCUT2D eigenvalue weighted by atomic mass is 35.5. The highest BCUT2D eigenvalue weighted by Gasteiger charge is 2.42. The number of fused-ring (bicyclic) bond motifs is 1. The van der Waals surface area contributed by atoms with Gasteiger partial charge in [0.2, 0.25) is 6.29 Å². The van der Waals surface area contributed by atoms with Gasteiger partial charge >= 0.3 is 19.9 Å². The van der Waals surface area contributed by atoms with Gasteiger partial charge in [0.05, 0.1) is 5.02 Å². The molecule has 15 heteroatoms. The number of rotatable bonds is 12. The number of benzene rings is 2. The van der Waals surface area contributed by atoms with Crippen LogP contribution >= 0.6 is 19.4 Å². The van der Waals surface area contributed by atoms with Crippen LogP contribution in [-0.2, 0) is 29.4 Å². The SMILES string of the molecule is COP(=O)(OC)OC(OC(=O)Nc1cc2cc(F)ccc2cn1)C(C)(C)CC(C)N(C)C(=O)NCc1cccc(F)c1Cl. The first-order valence-electron chi connectivity index (χ1n) is 13.0. The molecule has 0 aliphatic carbocycles. The molecule has 3 rings (SSSR count). The lowest BCUT2D eigenvalue weighted by atomic mass is 9.85. The third kappa shape index (κ3) is 9.07. The van der Waals surface area contributed by atoms with E-state index in [9.17, 15) is 22.9 Å². The zero-order valence-corrected chi connectivity index (χ0v) is 26.2. The van der Waals surface area contributed by atoms with Gasteiger partial charge in [-0.25, -0.2) is 32.4 Å². The molecule has 2 aromatic carbocycles. The molecule has 2 N–H and O–H groups in total. The van der Waals surface area contributed by atoms with E-state index in [1.165, 1.54) is 41.4 Å². The molecule has 0 spiro atoms. The van der Waals surface area contributed by atoms with E-state index in [-0.39, 0.29) is 23.8 Å². The van der Waals surface area contributed by atoms with Crippen LogP contribution in [0, 0.1) is 17.0 Å². The maximum atomic E-state index is 13.7. The van der Waals surface area contributed by atoms with E-state index in [0.717, 1.165) is 14.2 Å². The van der Waals surface area contributed by atoms with Crippen molar-refractivity contribution in [3.63, 3.8) is 0 Å². The van der Waals surface area contributed by atoms with Crippen LogP contribution < -0.4 is 10.6 Å². The molecule has 2 atom stereocenters. The van der Waals surface area contributed by atoms with Crippen LogP contribution in [0.5, 0.6) is 0 Å². The van der Waals surface area contributed by atoms with Crippen molar-refractivity contribution in [2.45, 2.75) is 46.1 Å². The number of halogens is 3. The fourth-order valence-electron chi connectivity index (χ4n) is 4.19. The van der Waals surface area contributed by atoms with Gasteiger partial charge < -0.3 is 15.0 Å². The summed E-state index contributed by atoms with van der Waals surface area (Å²) in [6.07, 6.45) is -0.875. The lowest BCUT2D eigenvalue weighted by Gasteiger charge is -2.38. The molecular formula is C28H34ClF2N4O7P. The van der Waals surface area contributed by atoms with E-state index >= 15 is 0 Å². The molecule has 43 heavy (non-hydrogen) atoms. The van der Waals surface area contributed by atoms with Crippen LogP contribution in [0.2, 0.25) is 5.02 Å². The highest BCUT2D eigenvalue weighted by Crippen LogP contribution is 2.52. The van der Waals surface area contributed by atoms with Crippen molar-refractivity contribution in [3.05, 3.63) is 70.9 Å². The highest BCUT2D eigenvalue weighted by molar-refractivity contribution is 7.48. The van der Waals surface area contributed by atoms with Crippen LogP contribution in [-0.4, -0.2) is 55.6 Å². The molecule has 2 unspecified atom stereocenters. The predicted molar refractivity (Wildman–Crippen MR) is 158 cm³/mol. The van der Waals surface area contributed by atoms with Crippen molar-refractivity contribution >= 4 is 48.1 Å². The molecule has 11 nitrogen and oxygen atoms in total. The van der Waals surface area contributed by atoms with E-state index in [1.54, 1.807) is 40.0 Å². The second-order valence-corrected chi connectivity index (χ2v) is 12.6. The molecular weight excluding hydrogens is 609 g/mol. The van der Waals surface area contributed by atoms with Crippen LogP contribution in [0.25, 0.3) is 10.8 Å². The quantitative estimate of drug-likeness (QED) is 0.158. The number of pyridine rings is 1. The summed E-state index contributed by atoms with van der Waals surface area (Å²) in [6.45, 7) is 5.09. The van der Waals surface area contributed by atoms with Gasteiger partial charge in [-0.3, -0.25) is 14.4 Å². The van der Waals surface area contributed by atoms with Crippen molar-refractivity contribution in [1.82, 2.24) is 15.2 Å². The molecule has 3 amide bonds. The number of urea groups is 1. The molecule has 1 aromatic heterocycles. The minimum Gasteiger partial charge on any atom is -0.418 e. The average molecular weight is 643 g/mol. The van der Waals surface area contributed by atoms with E-state index in [4.69, 9.17) is 29.9 Å². The van der Waals surface area contributed by atoms with Gasteiger partial charge in [0.25, 0.3) is 0 Å². The molecule has 3 aromatic rings. The maximum absolute atomic E-state index is 13.7. The molecule has 0 radical (unpaired) electrons. The summed E-state index contributed by atoms with van der Waals surface area (Å²) in [5, 5.41) is 6.22. The van der Waals surface area contributed by atoms with E-state index in [0.29, 0.717) is 16.3 Å². The summed E-state index contributed by atoms with van der Waals surface area (Å²) in [5.74, 6) is -0.978. The van der Waals surface area contributed by atoms with Crippen LogP contribution in [0.3, 0.4) is 0 Å². The lowest BCUT2D eigenvalue weighted by molar-refractivity contribution is -0.123. The molecule has 0 aliphatic heterocycles. The fraction of sp³-hybridized carbons (Fsp3) is 0.393. The monoisotopic (exact) mass is 642 g/mol. The molecule has 0 bridgehead atoms. The zero-order chi connectivity index (χ0) is 31.9. The third-order valence-corrected chi connectivity index (χ3v) is 8.47. The first kappa shape index (κ1) is 34.1. The number of carbonyl (C=O) groups excluding carboxylic acids is 2. The normalized spacial score (nSPS) is 13.3. The number of amides is 3. The van der Waals surface area contributed by atoms with Crippen LogP contribution in [0.1, 0.15) is 32.8 Å². The Labute approximate surface area is 253 Å². The zero-order valence-electron chi connectivity index (χ0n) is 24.5. The standard InChI is InChI=1S/C28H34ClF2N4O7P/c1-17(35(4)26(36)33-16-19-8-7-9-22(31)24(19)29)14-28(2,3)25(42-43(38,39-5)40-6)41-27(37)34-23-13-20-12-21(30)11-10-18(20)15-32-23/h7-13,15,17,25H,14,16H2,1-6H3,(H,33,36)(H,32,34,37). The van der Waals surface area contributed by atoms with Gasteiger partial charge in [0.1, 0.15) is 17.5 Å². The Morgan fingerprint density at radius 1 is 1.12 bits per heavy atom. The Morgan fingerprint density at radius 2 is 1.81 bits per heavy atom. The fourth-order valence-corrected chi connectivity index (χ4v) is 5.27. The van der Waals surface area contributed by atoms with Gasteiger partial charge in [-0.15, -0.1) is 0 Å². The Hall–Kier alpha value is -3.35. The van der Waals surface area contributed by atoms with Crippen LogP contribution in [0.4, 0.5) is 24.2 Å². The predicted octanol–water partition coefficient (Wildman–Crippen LogP) is 7.10. The first-order valence-corrected chi connectivity index (χ1v) is 14.9. The lowest BCUT2D eigenvalue weighted by Crippen LogP contribution is -2.46. The first-order chi connectivity index (χ1) is 20.2. The molecule has 0 saturated heterocycles. The van der Waals surface area contributed by atoms with Gasteiger partial charge in [-0.05, 0) is 54.6 Å². The third-order valence-electron chi connectivity index (χ3n) is 6.70. The van der Waals surface area contributed by atoms with Crippen molar-refractivity contribution in [2.24, 2.45) is 5.41 Å². The summed E-state index contributed by atoms with van der Waals surface area (Å²) < 4.78 is 61.2. The number of hydrogen-bond donors (Lipinski definition) is 2. The number of aromatic nitrogens is 1. The summed E-state index contributed by atoms with van der Waals surface area (Å²) in [4.78, 5) is 31.3. The number of phosphoric ester groups is 1. The number of anilines is 1. The average Bonchev–Trinajstić information content (AvgIpc) is 2.96. The second kappa shape index (κ2) is 14.4. The minimum atomic E-state index is -4.15. The second-order valence-electron chi connectivity index (χ2n) is 10.4. The summed E-state index contributed by atoms with van der Waals surface area (Å²) >= 11 is 5.98. The van der Waals surface area contributed by atoms with E-state index in [1.807, 2.05) is 0 Å². The van der Waals surface area contributed by atoms with Crippen molar-refractivity contribution < 1.29 is 41.2 Å². The Balaban J connectivity index is 1.72. The van der Waals surface area contributed by atoms with Gasteiger partial charge in [-0.1, -0.05) is 37.6 Å². The van der Waals surface area contributed by atoms with Crippen molar-refractivity contribution in [2.75, 3.05) is 26.6 Å². The van der Waals surface area contributed by atoms with Crippen LogP contribution in [0.15, 0.2) is 48.7 Å².